The molecule has 4 rings (SSSR count). The predicted octanol–water partition coefficient (Wildman–Crippen LogP) is 4.09. The molecule has 0 radical (unpaired) electrons. The van der Waals surface area contributed by atoms with E-state index in [-0.39, 0.29) is 16.8 Å². The minimum Gasteiger partial charge on any atom is -0.339 e. The van der Waals surface area contributed by atoms with Gasteiger partial charge in [0.2, 0.25) is 0 Å². The van der Waals surface area contributed by atoms with Crippen molar-refractivity contribution >= 4 is 21.6 Å². The number of anilines is 1. The third kappa shape index (κ3) is 3.78. The molecule has 2 aromatic carbocycles. The first kappa shape index (κ1) is 20.0. The van der Waals surface area contributed by atoms with Crippen molar-refractivity contribution in [2.45, 2.75) is 50.0 Å². The summed E-state index contributed by atoms with van der Waals surface area (Å²) in [5.74, 6) is 0.606. The Labute approximate surface area is 173 Å². The zero-order valence-electron chi connectivity index (χ0n) is 17.0. The number of carbonyl (C=O) groups excluding carboxylic acids is 1. The number of rotatable bonds is 4. The van der Waals surface area contributed by atoms with Crippen LogP contribution in [0.3, 0.4) is 0 Å². The van der Waals surface area contributed by atoms with Crippen LogP contribution in [0.1, 0.15) is 48.5 Å². The molecule has 0 bridgehead atoms. The minimum absolute atomic E-state index is 0.108. The standard InChI is InChI=1S/C23H28N2O3S/c1-17-10-12-20(13-11-17)24(2)23(26)19-7-5-8-21(16-19)29(27,28)25-15-14-18-6-3-4-9-22(18)25/h3-9,16-17,20H,10-15H2,1-2H3. The van der Waals surface area contributed by atoms with E-state index in [4.69, 9.17) is 0 Å². The van der Waals surface area contributed by atoms with E-state index in [1.165, 1.54) is 10.4 Å². The Kier molecular flexibility index (Phi) is 5.38. The van der Waals surface area contributed by atoms with E-state index < -0.39 is 10.0 Å². The Morgan fingerprint density at radius 1 is 1.03 bits per heavy atom. The molecule has 0 spiro atoms. The van der Waals surface area contributed by atoms with Gasteiger partial charge in [0, 0.05) is 25.2 Å². The molecule has 0 N–H and O–H groups in total. The van der Waals surface area contributed by atoms with E-state index in [9.17, 15) is 13.2 Å². The number of nitrogens with zero attached hydrogens (tertiary/aromatic N) is 2. The van der Waals surface area contributed by atoms with Crippen molar-refractivity contribution in [1.82, 2.24) is 4.90 Å². The number of hydrogen-bond donors (Lipinski definition) is 0. The fraction of sp³-hybridized carbons (Fsp3) is 0.435. The summed E-state index contributed by atoms with van der Waals surface area (Å²) in [7, 11) is -1.87. The molecule has 1 aliphatic carbocycles. The first-order valence-electron chi connectivity index (χ1n) is 10.4. The van der Waals surface area contributed by atoms with Gasteiger partial charge in [-0.15, -0.1) is 0 Å². The van der Waals surface area contributed by atoms with Crippen LogP contribution >= 0.6 is 0 Å². The van der Waals surface area contributed by atoms with E-state index in [2.05, 4.69) is 6.92 Å². The maximum absolute atomic E-state index is 13.3. The molecule has 154 valence electrons. The lowest BCUT2D eigenvalue weighted by Gasteiger charge is -2.33. The number of amides is 1. The van der Waals surface area contributed by atoms with Crippen LogP contribution in [0.15, 0.2) is 53.4 Å². The molecule has 2 aromatic rings. The van der Waals surface area contributed by atoms with Crippen LogP contribution in [0.25, 0.3) is 0 Å². The second kappa shape index (κ2) is 7.82. The van der Waals surface area contributed by atoms with Crippen molar-refractivity contribution in [2.24, 2.45) is 5.92 Å². The first-order chi connectivity index (χ1) is 13.9. The third-order valence-electron chi connectivity index (χ3n) is 6.37. The van der Waals surface area contributed by atoms with Gasteiger partial charge in [0.25, 0.3) is 15.9 Å². The monoisotopic (exact) mass is 412 g/mol. The molecular weight excluding hydrogens is 384 g/mol. The van der Waals surface area contributed by atoms with Gasteiger partial charge in [-0.05, 0) is 67.9 Å². The quantitative estimate of drug-likeness (QED) is 0.760. The zero-order valence-corrected chi connectivity index (χ0v) is 17.9. The normalized spacial score (nSPS) is 21.7. The van der Waals surface area contributed by atoms with Crippen LogP contribution in [0.5, 0.6) is 0 Å². The Bertz CT molecular complexity index is 1010. The molecule has 0 saturated heterocycles. The highest BCUT2D eigenvalue weighted by Gasteiger charge is 2.31. The Hall–Kier alpha value is -2.34. The second-order valence-corrected chi connectivity index (χ2v) is 10.2. The summed E-state index contributed by atoms with van der Waals surface area (Å²) in [4.78, 5) is 15.0. The van der Waals surface area contributed by atoms with Gasteiger partial charge >= 0.3 is 0 Å². The van der Waals surface area contributed by atoms with Crippen molar-refractivity contribution in [3.8, 4) is 0 Å². The smallest absolute Gasteiger partial charge is 0.264 e. The Morgan fingerprint density at radius 2 is 1.76 bits per heavy atom. The van der Waals surface area contributed by atoms with Crippen LogP contribution in [-0.2, 0) is 16.4 Å². The van der Waals surface area contributed by atoms with Gasteiger partial charge in [0.15, 0.2) is 0 Å². The topological polar surface area (TPSA) is 57.7 Å². The summed E-state index contributed by atoms with van der Waals surface area (Å²) < 4.78 is 28.0. The van der Waals surface area contributed by atoms with E-state index in [0.29, 0.717) is 24.4 Å². The van der Waals surface area contributed by atoms with Crippen LogP contribution in [0, 0.1) is 5.92 Å². The maximum atomic E-state index is 13.3. The zero-order chi connectivity index (χ0) is 20.6. The molecule has 5 nitrogen and oxygen atoms in total. The van der Waals surface area contributed by atoms with Crippen molar-refractivity contribution in [3.05, 3.63) is 59.7 Å². The number of fused-ring (bicyclic) bond motifs is 1. The number of sulfonamides is 1. The van der Waals surface area contributed by atoms with Crippen molar-refractivity contribution < 1.29 is 13.2 Å². The average Bonchev–Trinajstić information content (AvgIpc) is 3.18. The van der Waals surface area contributed by atoms with Crippen LogP contribution in [-0.4, -0.2) is 38.9 Å². The summed E-state index contributed by atoms with van der Waals surface area (Å²) in [6.45, 7) is 2.68. The SMILES string of the molecule is CC1CCC(N(C)C(=O)c2cccc(S(=O)(=O)N3CCc4ccccc43)c2)CC1. The van der Waals surface area contributed by atoms with Gasteiger partial charge in [-0.1, -0.05) is 31.2 Å². The molecule has 2 aliphatic rings. The highest BCUT2D eigenvalue weighted by Crippen LogP contribution is 2.33. The first-order valence-corrected chi connectivity index (χ1v) is 11.8. The number of benzene rings is 2. The molecule has 0 aromatic heterocycles. The van der Waals surface area contributed by atoms with Crippen molar-refractivity contribution in [2.75, 3.05) is 17.9 Å². The summed E-state index contributed by atoms with van der Waals surface area (Å²) >= 11 is 0. The second-order valence-electron chi connectivity index (χ2n) is 8.31. The van der Waals surface area contributed by atoms with Crippen LogP contribution in [0.4, 0.5) is 5.69 Å². The van der Waals surface area contributed by atoms with Gasteiger partial charge in [-0.3, -0.25) is 9.10 Å². The average molecular weight is 413 g/mol. The molecule has 1 amide bonds. The fourth-order valence-electron chi connectivity index (χ4n) is 4.47. The van der Waals surface area contributed by atoms with Crippen LogP contribution in [0.2, 0.25) is 0 Å². The van der Waals surface area contributed by atoms with Crippen LogP contribution < -0.4 is 4.31 Å². The van der Waals surface area contributed by atoms with E-state index in [0.717, 1.165) is 36.9 Å². The van der Waals surface area contributed by atoms with Gasteiger partial charge in [-0.2, -0.15) is 0 Å². The molecule has 0 unspecified atom stereocenters. The highest BCUT2D eigenvalue weighted by atomic mass is 32.2. The lowest BCUT2D eigenvalue weighted by molar-refractivity contribution is 0.0679. The number of para-hydroxylation sites is 1. The maximum Gasteiger partial charge on any atom is 0.264 e. The summed E-state index contributed by atoms with van der Waals surface area (Å²) in [5.41, 5.74) is 2.20. The molecule has 6 heteroatoms. The fourth-order valence-corrected chi connectivity index (χ4v) is 6.02. The lowest BCUT2D eigenvalue weighted by Crippen LogP contribution is -2.39. The molecule has 1 saturated carbocycles. The predicted molar refractivity (Wildman–Crippen MR) is 115 cm³/mol. The Balaban J connectivity index is 1.58. The highest BCUT2D eigenvalue weighted by molar-refractivity contribution is 7.92. The molecule has 1 heterocycles. The molecule has 0 atom stereocenters. The van der Waals surface area contributed by atoms with Gasteiger partial charge in [-0.25, -0.2) is 8.42 Å². The van der Waals surface area contributed by atoms with Crippen molar-refractivity contribution in [3.63, 3.8) is 0 Å². The molecule has 29 heavy (non-hydrogen) atoms. The molecular formula is C23H28N2O3S. The summed E-state index contributed by atoms with van der Waals surface area (Å²) in [6, 6.07) is 14.3. The van der Waals surface area contributed by atoms with E-state index in [1.807, 2.05) is 31.3 Å². The lowest BCUT2D eigenvalue weighted by atomic mass is 9.86. The van der Waals surface area contributed by atoms with E-state index >= 15 is 0 Å². The third-order valence-corrected chi connectivity index (χ3v) is 8.18. The Morgan fingerprint density at radius 3 is 2.52 bits per heavy atom. The van der Waals surface area contributed by atoms with Gasteiger partial charge < -0.3 is 4.90 Å². The number of carbonyl (C=O) groups is 1. The summed E-state index contributed by atoms with van der Waals surface area (Å²) in [5, 5.41) is 0. The van der Waals surface area contributed by atoms with E-state index in [1.54, 1.807) is 23.1 Å². The molecule has 1 fully saturated rings. The largest absolute Gasteiger partial charge is 0.339 e. The van der Waals surface area contributed by atoms with Gasteiger partial charge in [0.05, 0.1) is 10.6 Å². The number of hydrogen-bond acceptors (Lipinski definition) is 3. The summed E-state index contributed by atoms with van der Waals surface area (Å²) in [6.07, 6.45) is 4.98. The van der Waals surface area contributed by atoms with Gasteiger partial charge in [0.1, 0.15) is 0 Å². The molecule has 1 aliphatic heterocycles. The minimum atomic E-state index is -3.70. The van der Waals surface area contributed by atoms with Crippen molar-refractivity contribution in [1.29, 1.82) is 0 Å².